The predicted octanol–water partition coefficient (Wildman–Crippen LogP) is 3.40. The number of likely N-dealkylation sites (N-methyl/N-ethyl adjacent to an activating group) is 1. The van der Waals surface area contributed by atoms with Crippen molar-refractivity contribution in [1.82, 2.24) is 4.90 Å². The molecule has 26 heavy (non-hydrogen) atoms. The van der Waals surface area contributed by atoms with Crippen LogP contribution in [0, 0.1) is 23.7 Å². The molecule has 0 heterocycles. The SMILES string of the molecule is C#C/C=C(\C=C/CC(C#N)c1c(OC)cc(N(C)C)cc1OC)N(C)C. The van der Waals surface area contributed by atoms with Gasteiger partial charge in [-0.3, -0.25) is 0 Å². The van der Waals surface area contributed by atoms with Crippen LogP contribution in [0.15, 0.2) is 36.1 Å². The first-order chi connectivity index (χ1) is 12.4. The van der Waals surface area contributed by atoms with Gasteiger partial charge in [-0.2, -0.15) is 5.26 Å². The Kier molecular flexibility index (Phi) is 8.12. The zero-order valence-electron chi connectivity index (χ0n) is 16.4. The Hall–Kier alpha value is -3.05. The minimum absolute atomic E-state index is 0.401. The molecule has 0 radical (unpaired) electrons. The van der Waals surface area contributed by atoms with Crippen LogP contribution in [0.3, 0.4) is 0 Å². The van der Waals surface area contributed by atoms with Crippen LogP contribution in [0.2, 0.25) is 0 Å². The minimum atomic E-state index is -0.401. The Morgan fingerprint density at radius 1 is 1.19 bits per heavy atom. The summed E-state index contributed by atoms with van der Waals surface area (Å²) in [5, 5.41) is 9.71. The molecule has 1 unspecified atom stereocenters. The van der Waals surface area contributed by atoms with Crippen molar-refractivity contribution in [3.8, 4) is 29.9 Å². The number of nitriles is 1. The molecule has 1 atom stereocenters. The Morgan fingerprint density at radius 2 is 1.77 bits per heavy atom. The quantitative estimate of drug-likeness (QED) is 0.529. The number of nitrogens with zero attached hydrogens (tertiary/aromatic N) is 3. The number of benzene rings is 1. The molecular weight excluding hydrogens is 326 g/mol. The van der Waals surface area contributed by atoms with E-state index in [9.17, 15) is 5.26 Å². The van der Waals surface area contributed by atoms with Gasteiger partial charge in [0.1, 0.15) is 11.5 Å². The van der Waals surface area contributed by atoms with Crippen LogP contribution in [0.1, 0.15) is 17.9 Å². The summed E-state index contributed by atoms with van der Waals surface area (Å²) in [4.78, 5) is 3.88. The van der Waals surface area contributed by atoms with E-state index < -0.39 is 5.92 Å². The second-order valence-corrected chi connectivity index (χ2v) is 6.11. The molecule has 5 nitrogen and oxygen atoms in total. The van der Waals surface area contributed by atoms with E-state index in [0.29, 0.717) is 17.9 Å². The van der Waals surface area contributed by atoms with E-state index in [2.05, 4.69) is 12.0 Å². The minimum Gasteiger partial charge on any atom is -0.496 e. The standard InChI is InChI=1S/C21H27N3O2/c1-8-10-17(23(2)3)12-9-11-16(15-22)21-19(25-6)13-18(24(4)5)14-20(21)26-7/h1,9-10,12-14,16H,11H2,2-7H3/b12-9-,17-10+. The molecule has 0 aromatic heterocycles. The fourth-order valence-electron chi connectivity index (χ4n) is 2.50. The maximum atomic E-state index is 9.71. The van der Waals surface area contributed by atoms with Crippen LogP contribution in [0.4, 0.5) is 5.69 Å². The van der Waals surface area contributed by atoms with Gasteiger partial charge in [-0.15, -0.1) is 6.42 Å². The molecule has 1 aromatic rings. The lowest BCUT2D eigenvalue weighted by molar-refractivity contribution is 0.383. The zero-order chi connectivity index (χ0) is 19.7. The normalized spacial score (nSPS) is 12.2. The monoisotopic (exact) mass is 353 g/mol. The largest absolute Gasteiger partial charge is 0.496 e. The molecule has 0 aliphatic heterocycles. The summed E-state index contributed by atoms with van der Waals surface area (Å²) >= 11 is 0. The van der Waals surface area contributed by atoms with Crippen LogP contribution < -0.4 is 14.4 Å². The lowest BCUT2D eigenvalue weighted by Crippen LogP contribution is -2.11. The molecule has 0 spiro atoms. The van der Waals surface area contributed by atoms with E-state index in [-0.39, 0.29) is 0 Å². The van der Waals surface area contributed by atoms with Gasteiger partial charge in [0.05, 0.1) is 31.8 Å². The summed E-state index contributed by atoms with van der Waals surface area (Å²) in [6.07, 6.45) is 11.4. The number of hydrogen-bond donors (Lipinski definition) is 0. The number of hydrogen-bond acceptors (Lipinski definition) is 5. The van der Waals surface area contributed by atoms with Crippen LogP contribution in [-0.2, 0) is 0 Å². The first-order valence-corrected chi connectivity index (χ1v) is 8.22. The smallest absolute Gasteiger partial charge is 0.129 e. The van der Waals surface area contributed by atoms with E-state index >= 15 is 0 Å². The van der Waals surface area contributed by atoms with Crippen molar-refractivity contribution in [3.63, 3.8) is 0 Å². The Balaban J connectivity index is 3.24. The predicted molar refractivity (Wildman–Crippen MR) is 107 cm³/mol. The van der Waals surface area contributed by atoms with Gasteiger partial charge < -0.3 is 19.3 Å². The van der Waals surface area contributed by atoms with Gasteiger partial charge in [0.2, 0.25) is 0 Å². The Bertz CT molecular complexity index is 724. The highest BCUT2D eigenvalue weighted by Gasteiger charge is 2.21. The van der Waals surface area contributed by atoms with Crippen molar-refractivity contribution in [1.29, 1.82) is 5.26 Å². The topological polar surface area (TPSA) is 48.7 Å². The number of rotatable bonds is 8. The van der Waals surface area contributed by atoms with Gasteiger partial charge in [-0.05, 0) is 12.5 Å². The van der Waals surface area contributed by atoms with E-state index in [0.717, 1.165) is 16.9 Å². The van der Waals surface area contributed by atoms with Gasteiger partial charge >= 0.3 is 0 Å². The fourth-order valence-corrected chi connectivity index (χ4v) is 2.50. The number of terminal acetylenes is 1. The molecule has 0 aliphatic rings. The fraction of sp³-hybridized carbons (Fsp3) is 0.381. The Morgan fingerprint density at radius 3 is 2.15 bits per heavy atom. The van der Waals surface area contributed by atoms with E-state index in [4.69, 9.17) is 15.9 Å². The molecule has 0 N–H and O–H groups in total. The molecule has 0 saturated heterocycles. The summed E-state index contributed by atoms with van der Waals surface area (Å²) in [6, 6.07) is 6.18. The van der Waals surface area contributed by atoms with Gasteiger partial charge in [0.15, 0.2) is 0 Å². The van der Waals surface area contributed by atoms with Gasteiger partial charge in [0, 0.05) is 57.8 Å². The van der Waals surface area contributed by atoms with Crippen LogP contribution in [-0.4, -0.2) is 47.3 Å². The van der Waals surface area contributed by atoms with Crippen molar-refractivity contribution >= 4 is 5.69 Å². The Labute approximate surface area is 157 Å². The van der Waals surface area contributed by atoms with Crippen molar-refractivity contribution in [2.24, 2.45) is 0 Å². The highest BCUT2D eigenvalue weighted by atomic mass is 16.5. The number of anilines is 1. The van der Waals surface area contributed by atoms with Gasteiger partial charge in [0.25, 0.3) is 0 Å². The molecule has 5 heteroatoms. The third-order valence-corrected chi connectivity index (χ3v) is 3.96. The van der Waals surface area contributed by atoms with Gasteiger partial charge in [-0.25, -0.2) is 0 Å². The molecule has 1 rings (SSSR count). The highest BCUT2D eigenvalue weighted by molar-refractivity contribution is 5.61. The number of methoxy groups -OCH3 is 2. The van der Waals surface area contributed by atoms with Crippen molar-refractivity contribution in [2.75, 3.05) is 47.3 Å². The molecule has 1 aromatic carbocycles. The second kappa shape index (κ2) is 10.1. The van der Waals surface area contributed by atoms with Crippen molar-refractivity contribution < 1.29 is 9.47 Å². The highest BCUT2D eigenvalue weighted by Crippen LogP contribution is 2.40. The first-order valence-electron chi connectivity index (χ1n) is 8.22. The number of ether oxygens (including phenoxy) is 2. The molecular formula is C21H27N3O2. The third-order valence-electron chi connectivity index (χ3n) is 3.96. The lowest BCUT2D eigenvalue weighted by Gasteiger charge is -2.21. The van der Waals surface area contributed by atoms with Crippen LogP contribution in [0.25, 0.3) is 0 Å². The molecule has 0 fully saturated rings. The van der Waals surface area contributed by atoms with Crippen molar-refractivity contribution in [2.45, 2.75) is 12.3 Å². The summed E-state index contributed by atoms with van der Waals surface area (Å²) < 4.78 is 11.1. The zero-order valence-corrected chi connectivity index (χ0v) is 16.4. The van der Waals surface area contributed by atoms with E-state index in [1.165, 1.54) is 0 Å². The maximum absolute atomic E-state index is 9.71. The van der Waals surface area contributed by atoms with Gasteiger partial charge in [-0.1, -0.05) is 12.0 Å². The average molecular weight is 353 g/mol. The lowest BCUT2D eigenvalue weighted by atomic mass is 9.94. The molecule has 0 aliphatic carbocycles. The second-order valence-electron chi connectivity index (χ2n) is 6.11. The molecule has 138 valence electrons. The third kappa shape index (κ3) is 5.22. The summed E-state index contributed by atoms with van der Waals surface area (Å²) in [6.45, 7) is 0. The maximum Gasteiger partial charge on any atom is 0.129 e. The average Bonchev–Trinajstić information content (AvgIpc) is 2.63. The van der Waals surface area contributed by atoms with Crippen molar-refractivity contribution in [3.05, 3.63) is 41.6 Å². The van der Waals surface area contributed by atoms with Crippen LogP contribution >= 0.6 is 0 Å². The molecule has 0 amide bonds. The van der Waals surface area contributed by atoms with E-state index in [1.807, 2.05) is 62.3 Å². The first kappa shape index (κ1) is 21.0. The molecule has 0 saturated carbocycles. The molecule has 0 bridgehead atoms. The summed E-state index contributed by atoms with van der Waals surface area (Å²) in [5.41, 5.74) is 2.59. The summed E-state index contributed by atoms with van der Waals surface area (Å²) in [5.74, 6) is 3.40. The summed E-state index contributed by atoms with van der Waals surface area (Å²) in [7, 11) is 10.9. The van der Waals surface area contributed by atoms with E-state index in [1.54, 1.807) is 20.3 Å². The van der Waals surface area contributed by atoms with Crippen LogP contribution in [0.5, 0.6) is 11.5 Å². The number of allylic oxidation sites excluding steroid dienone is 3.